The Bertz CT molecular complexity index is 537. The van der Waals surface area contributed by atoms with E-state index in [9.17, 15) is 0 Å². The summed E-state index contributed by atoms with van der Waals surface area (Å²) in [6, 6.07) is 8.00. The molecule has 0 bridgehead atoms. The molecule has 0 radical (unpaired) electrons. The summed E-state index contributed by atoms with van der Waals surface area (Å²) in [7, 11) is 0. The number of nitrogens with zero attached hydrogens (tertiary/aromatic N) is 2. The summed E-state index contributed by atoms with van der Waals surface area (Å²) in [4.78, 5) is 0. The van der Waals surface area contributed by atoms with Crippen molar-refractivity contribution < 1.29 is 9.15 Å². The van der Waals surface area contributed by atoms with E-state index < -0.39 is 0 Å². The average molecular weight is 290 g/mol. The molecule has 0 saturated heterocycles. The van der Waals surface area contributed by atoms with Gasteiger partial charge in [-0.3, -0.25) is 0 Å². The van der Waals surface area contributed by atoms with Crippen molar-refractivity contribution in [2.75, 3.05) is 18.5 Å². The summed E-state index contributed by atoms with van der Waals surface area (Å²) >= 11 is 0. The molecule has 0 fully saturated rings. The van der Waals surface area contributed by atoms with Crippen LogP contribution < -0.4 is 15.4 Å². The first kappa shape index (κ1) is 15.3. The van der Waals surface area contributed by atoms with Crippen LogP contribution in [0, 0.1) is 5.92 Å². The summed E-state index contributed by atoms with van der Waals surface area (Å²) in [5, 5.41) is 14.3. The van der Waals surface area contributed by atoms with Crippen LogP contribution in [0.2, 0.25) is 0 Å². The highest BCUT2D eigenvalue weighted by molar-refractivity contribution is 5.53. The molecule has 2 rings (SSSR count). The van der Waals surface area contributed by atoms with Crippen molar-refractivity contribution in [3.63, 3.8) is 0 Å². The van der Waals surface area contributed by atoms with E-state index in [1.165, 1.54) is 0 Å². The zero-order valence-corrected chi connectivity index (χ0v) is 12.7. The van der Waals surface area contributed by atoms with Gasteiger partial charge in [-0.15, -0.1) is 5.10 Å². The Hall–Kier alpha value is -2.08. The highest BCUT2D eigenvalue weighted by Gasteiger charge is 2.06. The molecule has 0 saturated carbocycles. The quantitative estimate of drug-likeness (QED) is 0.778. The number of aromatic nitrogens is 2. The first-order valence-electron chi connectivity index (χ1n) is 7.20. The van der Waals surface area contributed by atoms with Crippen LogP contribution in [0.3, 0.4) is 0 Å². The molecule has 1 heterocycles. The Morgan fingerprint density at radius 3 is 2.62 bits per heavy atom. The van der Waals surface area contributed by atoms with Gasteiger partial charge in [-0.05, 0) is 43.7 Å². The zero-order valence-electron chi connectivity index (χ0n) is 12.7. The molecular formula is C15H22N4O2. The number of anilines is 2. The van der Waals surface area contributed by atoms with Gasteiger partial charge in [0.1, 0.15) is 5.75 Å². The van der Waals surface area contributed by atoms with Crippen molar-refractivity contribution >= 4 is 11.7 Å². The zero-order chi connectivity index (χ0) is 15.1. The van der Waals surface area contributed by atoms with Gasteiger partial charge in [-0.2, -0.15) is 0 Å². The maximum absolute atomic E-state index is 5.52. The first-order chi connectivity index (χ1) is 10.2. The van der Waals surface area contributed by atoms with Crippen molar-refractivity contribution in [2.45, 2.75) is 27.3 Å². The standard InChI is InChI=1S/C15H22N4O2/c1-4-20-13-7-5-12(6-8-13)17-15-19-18-14(21-15)10-16-9-11(2)3/h5-8,11,16H,4,9-10H2,1-3H3,(H,17,19). The van der Waals surface area contributed by atoms with Crippen molar-refractivity contribution in [1.82, 2.24) is 15.5 Å². The van der Waals surface area contributed by atoms with Gasteiger partial charge in [-0.25, -0.2) is 0 Å². The van der Waals surface area contributed by atoms with E-state index in [2.05, 4.69) is 34.7 Å². The Morgan fingerprint density at radius 1 is 1.19 bits per heavy atom. The molecule has 0 aliphatic rings. The van der Waals surface area contributed by atoms with Crippen molar-refractivity contribution in [1.29, 1.82) is 0 Å². The summed E-state index contributed by atoms with van der Waals surface area (Å²) in [5.74, 6) is 2.01. The molecule has 0 spiro atoms. The minimum Gasteiger partial charge on any atom is -0.494 e. The Balaban J connectivity index is 1.86. The molecular weight excluding hydrogens is 268 g/mol. The number of nitrogens with one attached hydrogen (secondary N) is 2. The van der Waals surface area contributed by atoms with Crippen LogP contribution in [0.15, 0.2) is 28.7 Å². The molecule has 1 aromatic heterocycles. The maximum atomic E-state index is 5.52. The summed E-state index contributed by atoms with van der Waals surface area (Å²) in [6.45, 7) is 8.42. The second-order valence-corrected chi connectivity index (χ2v) is 5.11. The van der Waals surface area contributed by atoms with Gasteiger partial charge in [0, 0.05) is 5.69 Å². The lowest BCUT2D eigenvalue weighted by Crippen LogP contribution is -2.19. The molecule has 2 aromatic rings. The Morgan fingerprint density at radius 2 is 1.95 bits per heavy atom. The molecule has 2 N–H and O–H groups in total. The molecule has 21 heavy (non-hydrogen) atoms. The predicted molar refractivity (Wildman–Crippen MR) is 81.7 cm³/mol. The monoisotopic (exact) mass is 290 g/mol. The summed E-state index contributed by atoms with van der Waals surface area (Å²) in [6.07, 6.45) is 0. The first-order valence-corrected chi connectivity index (χ1v) is 7.20. The summed E-state index contributed by atoms with van der Waals surface area (Å²) < 4.78 is 10.9. The van der Waals surface area contributed by atoms with Crippen LogP contribution in [0.25, 0.3) is 0 Å². The van der Waals surface area contributed by atoms with E-state index in [-0.39, 0.29) is 0 Å². The van der Waals surface area contributed by atoms with E-state index in [1.54, 1.807) is 0 Å². The van der Waals surface area contributed by atoms with Crippen molar-refractivity contribution in [3.8, 4) is 5.75 Å². The van der Waals surface area contributed by atoms with Crippen LogP contribution in [-0.4, -0.2) is 23.3 Å². The van der Waals surface area contributed by atoms with Gasteiger partial charge < -0.3 is 19.8 Å². The lowest BCUT2D eigenvalue weighted by Gasteiger charge is -2.05. The van der Waals surface area contributed by atoms with Gasteiger partial charge in [0.15, 0.2) is 0 Å². The molecule has 6 heteroatoms. The molecule has 6 nitrogen and oxygen atoms in total. The third-order valence-electron chi connectivity index (χ3n) is 2.71. The maximum Gasteiger partial charge on any atom is 0.320 e. The third kappa shape index (κ3) is 5.07. The van der Waals surface area contributed by atoms with Gasteiger partial charge >= 0.3 is 6.01 Å². The van der Waals surface area contributed by atoms with E-state index in [1.807, 2.05) is 31.2 Å². The lowest BCUT2D eigenvalue weighted by molar-refractivity contribution is 0.340. The molecule has 0 aliphatic heterocycles. The summed E-state index contributed by atoms with van der Waals surface area (Å²) in [5.41, 5.74) is 0.879. The third-order valence-corrected chi connectivity index (χ3v) is 2.71. The second-order valence-electron chi connectivity index (χ2n) is 5.11. The smallest absolute Gasteiger partial charge is 0.320 e. The topological polar surface area (TPSA) is 72.2 Å². The lowest BCUT2D eigenvalue weighted by atomic mass is 10.2. The Labute approximate surface area is 124 Å². The van der Waals surface area contributed by atoms with E-state index in [0.717, 1.165) is 18.0 Å². The predicted octanol–water partition coefficient (Wildman–Crippen LogP) is 2.96. The van der Waals surface area contributed by atoms with Gasteiger partial charge in [0.05, 0.1) is 13.2 Å². The van der Waals surface area contributed by atoms with Crippen LogP contribution in [0.1, 0.15) is 26.7 Å². The normalized spacial score (nSPS) is 10.9. The number of ether oxygens (including phenoxy) is 1. The van der Waals surface area contributed by atoms with Crippen LogP contribution in [-0.2, 0) is 6.54 Å². The second kappa shape index (κ2) is 7.64. The number of benzene rings is 1. The molecule has 0 aliphatic carbocycles. The molecule has 0 amide bonds. The highest BCUT2D eigenvalue weighted by atomic mass is 16.5. The van der Waals surface area contributed by atoms with E-state index in [4.69, 9.17) is 9.15 Å². The fourth-order valence-corrected chi connectivity index (χ4v) is 1.77. The van der Waals surface area contributed by atoms with Crippen molar-refractivity contribution in [2.24, 2.45) is 5.92 Å². The fourth-order valence-electron chi connectivity index (χ4n) is 1.77. The van der Waals surface area contributed by atoms with Crippen LogP contribution >= 0.6 is 0 Å². The molecule has 114 valence electrons. The number of rotatable bonds is 8. The largest absolute Gasteiger partial charge is 0.494 e. The van der Waals surface area contributed by atoms with E-state index >= 15 is 0 Å². The molecule has 0 atom stereocenters. The minimum absolute atomic E-state index is 0.389. The van der Waals surface area contributed by atoms with Gasteiger partial charge in [0.25, 0.3) is 0 Å². The highest BCUT2D eigenvalue weighted by Crippen LogP contribution is 2.19. The van der Waals surface area contributed by atoms with Gasteiger partial charge in [-0.1, -0.05) is 18.9 Å². The molecule has 1 aromatic carbocycles. The van der Waals surface area contributed by atoms with E-state index in [0.29, 0.717) is 31.0 Å². The van der Waals surface area contributed by atoms with Gasteiger partial charge in [0.2, 0.25) is 5.89 Å². The molecule has 0 unspecified atom stereocenters. The van der Waals surface area contributed by atoms with Crippen LogP contribution in [0.5, 0.6) is 5.75 Å². The minimum atomic E-state index is 0.389. The number of hydrogen-bond acceptors (Lipinski definition) is 6. The number of hydrogen-bond donors (Lipinski definition) is 2. The fraction of sp³-hybridized carbons (Fsp3) is 0.467. The SMILES string of the molecule is CCOc1ccc(Nc2nnc(CNCC(C)C)o2)cc1. The van der Waals surface area contributed by atoms with Crippen LogP contribution in [0.4, 0.5) is 11.7 Å². The van der Waals surface area contributed by atoms with Crippen molar-refractivity contribution in [3.05, 3.63) is 30.2 Å². The Kier molecular flexibility index (Phi) is 5.57. The average Bonchev–Trinajstić information content (AvgIpc) is 2.88.